The summed E-state index contributed by atoms with van der Waals surface area (Å²) in [4.78, 5) is 24.5. The second-order valence-corrected chi connectivity index (χ2v) is 6.84. The number of carboxylic acid groups (broad SMARTS) is 1. The molecule has 1 amide bonds. The number of nitrogens with zero attached hydrogens (tertiary/aromatic N) is 1. The molecule has 5 nitrogen and oxygen atoms in total. The normalized spacial score (nSPS) is 22.1. The molecule has 0 aromatic heterocycles. The van der Waals surface area contributed by atoms with Crippen molar-refractivity contribution < 1.29 is 19.4 Å². The SMILES string of the molecule is CC1Cc2cc(/C=C3/SC(=S)N(CC(=O)O)C3=O)ccc2O1. The average molecular weight is 335 g/mol. The number of aliphatic carboxylic acids is 1. The number of rotatable bonds is 3. The van der Waals surface area contributed by atoms with Gasteiger partial charge in [0.25, 0.3) is 5.91 Å². The van der Waals surface area contributed by atoms with Gasteiger partial charge in [0.15, 0.2) is 0 Å². The Morgan fingerprint density at radius 2 is 2.36 bits per heavy atom. The monoisotopic (exact) mass is 335 g/mol. The quantitative estimate of drug-likeness (QED) is 0.675. The summed E-state index contributed by atoms with van der Waals surface area (Å²) in [6.07, 6.45) is 2.75. The van der Waals surface area contributed by atoms with Crippen LogP contribution >= 0.6 is 24.0 Å². The van der Waals surface area contributed by atoms with Crippen LogP contribution in [0.25, 0.3) is 6.08 Å². The molecule has 1 atom stereocenters. The van der Waals surface area contributed by atoms with E-state index in [0.717, 1.165) is 40.0 Å². The van der Waals surface area contributed by atoms with Crippen LogP contribution in [0.4, 0.5) is 0 Å². The van der Waals surface area contributed by atoms with Crippen LogP contribution in [0, 0.1) is 0 Å². The molecule has 2 aliphatic heterocycles. The van der Waals surface area contributed by atoms with Crippen molar-refractivity contribution in [1.29, 1.82) is 0 Å². The van der Waals surface area contributed by atoms with Crippen molar-refractivity contribution in [2.24, 2.45) is 0 Å². The molecule has 7 heteroatoms. The van der Waals surface area contributed by atoms with Gasteiger partial charge in [0, 0.05) is 6.42 Å². The number of carbonyl (C=O) groups is 2. The Morgan fingerprint density at radius 3 is 3.09 bits per heavy atom. The highest BCUT2D eigenvalue weighted by Gasteiger charge is 2.33. The molecule has 1 unspecified atom stereocenters. The zero-order valence-corrected chi connectivity index (χ0v) is 13.4. The first kappa shape index (κ1) is 15.1. The van der Waals surface area contributed by atoms with Crippen molar-refractivity contribution >= 4 is 46.3 Å². The third-order valence-electron chi connectivity index (χ3n) is 3.38. The van der Waals surface area contributed by atoms with E-state index in [4.69, 9.17) is 22.1 Å². The van der Waals surface area contributed by atoms with Crippen LogP contribution < -0.4 is 4.74 Å². The lowest BCUT2D eigenvalue weighted by Gasteiger charge is -2.10. The van der Waals surface area contributed by atoms with Gasteiger partial charge in [-0.1, -0.05) is 30.0 Å². The van der Waals surface area contributed by atoms with Gasteiger partial charge in [0.1, 0.15) is 22.7 Å². The Balaban J connectivity index is 1.84. The molecule has 2 aliphatic rings. The van der Waals surface area contributed by atoms with Crippen LogP contribution in [-0.4, -0.2) is 38.9 Å². The Bertz CT molecular complexity index is 713. The largest absolute Gasteiger partial charge is 0.490 e. The highest BCUT2D eigenvalue weighted by atomic mass is 32.2. The number of fused-ring (bicyclic) bond motifs is 1. The predicted molar refractivity (Wildman–Crippen MR) is 87.8 cm³/mol. The zero-order chi connectivity index (χ0) is 15.9. The molecule has 1 N–H and O–H groups in total. The summed E-state index contributed by atoms with van der Waals surface area (Å²) in [6.45, 7) is 1.61. The molecular weight excluding hydrogens is 322 g/mol. The Labute approximate surface area is 136 Å². The summed E-state index contributed by atoms with van der Waals surface area (Å²) in [5.41, 5.74) is 1.99. The fourth-order valence-corrected chi connectivity index (χ4v) is 3.71. The zero-order valence-electron chi connectivity index (χ0n) is 11.7. The van der Waals surface area contributed by atoms with Gasteiger partial charge >= 0.3 is 5.97 Å². The highest BCUT2D eigenvalue weighted by Crippen LogP contribution is 2.34. The van der Waals surface area contributed by atoms with Crippen LogP contribution in [0.5, 0.6) is 5.75 Å². The number of thioether (sulfide) groups is 1. The van der Waals surface area contributed by atoms with Crippen LogP contribution in [0.15, 0.2) is 23.1 Å². The van der Waals surface area contributed by atoms with E-state index in [0.29, 0.717) is 4.91 Å². The van der Waals surface area contributed by atoms with Crippen molar-refractivity contribution in [2.45, 2.75) is 19.4 Å². The van der Waals surface area contributed by atoms with Gasteiger partial charge in [-0.05, 0) is 36.3 Å². The molecule has 2 heterocycles. The van der Waals surface area contributed by atoms with Gasteiger partial charge in [-0.2, -0.15) is 0 Å². The van der Waals surface area contributed by atoms with Crippen LogP contribution in [0.1, 0.15) is 18.1 Å². The lowest BCUT2D eigenvalue weighted by Crippen LogP contribution is -2.33. The highest BCUT2D eigenvalue weighted by molar-refractivity contribution is 8.26. The Kier molecular flexibility index (Phi) is 3.92. The molecule has 1 fully saturated rings. The molecule has 3 rings (SSSR count). The van der Waals surface area contributed by atoms with E-state index in [9.17, 15) is 9.59 Å². The minimum Gasteiger partial charge on any atom is -0.490 e. The van der Waals surface area contributed by atoms with E-state index in [1.807, 2.05) is 25.1 Å². The summed E-state index contributed by atoms with van der Waals surface area (Å²) in [6, 6.07) is 5.76. The molecule has 1 aromatic rings. The molecule has 0 bridgehead atoms. The first-order valence-electron chi connectivity index (χ1n) is 6.71. The number of thiocarbonyl (C=S) groups is 1. The summed E-state index contributed by atoms with van der Waals surface area (Å²) in [5.74, 6) is -0.563. The summed E-state index contributed by atoms with van der Waals surface area (Å²) >= 11 is 6.19. The predicted octanol–water partition coefficient (Wildman–Crippen LogP) is 2.30. The third kappa shape index (κ3) is 2.86. The number of ether oxygens (including phenoxy) is 1. The number of hydrogen-bond donors (Lipinski definition) is 1. The van der Waals surface area contributed by atoms with Gasteiger partial charge < -0.3 is 9.84 Å². The summed E-state index contributed by atoms with van der Waals surface area (Å²) in [7, 11) is 0. The third-order valence-corrected chi connectivity index (χ3v) is 4.76. The standard InChI is InChI=1S/C15H13NO4S2/c1-8-4-10-5-9(2-3-11(10)20-8)6-12-14(19)16(7-13(17)18)15(21)22-12/h2-3,5-6,8H,4,7H2,1H3,(H,17,18)/b12-6+. The second kappa shape index (κ2) is 5.73. The van der Waals surface area contributed by atoms with Gasteiger partial charge in [0.05, 0.1) is 4.91 Å². The maximum Gasteiger partial charge on any atom is 0.323 e. The minimum absolute atomic E-state index is 0.166. The maximum atomic E-state index is 12.2. The van der Waals surface area contributed by atoms with E-state index in [2.05, 4.69) is 0 Å². The number of amides is 1. The van der Waals surface area contributed by atoms with Crippen molar-refractivity contribution in [3.63, 3.8) is 0 Å². The number of carboxylic acids is 1. The molecular formula is C15H13NO4S2. The van der Waals surface area contributed by atoms with E-state index < -0.39 is 12.5 Å². The van der Waals surface area contributed by atoms with E-state index in [1.165, 1.54) is 0 Å². The summed E-state index contributed by atoms with van der Waals surface area (Å²) in [5, 5.41) is 8.82. The molecule has 0 spiro atoms. The average Bonchev–Trinajstić information content (AvgIpc) is 2.92. The number of hydrogen-bond acceptors (Lipinski definition) is 5. The first-order chi connectivity index (χ1) is 10.4. The van der Waals surface area contributed by atoms with Crippen molar-refractivity contribution in [2.75, 3.05) is 6.54 Å². The maximum absolute atomic E-state index is 12.2. The van der Waals surface area contributed by atoms with E-state index in [1.54, 1.807) is 6.08 Å². The molecule has 0 aliphatic carbocycles. The molecule has 1 saturated heterocycles. The van der Waals surface area contributed by atoms with Crippen molar-refractivity contribution in [3.8, 4) is 5.75 Å². The van der Waals surface area contributed by atoms with Gasteiger partial charge in [-0.15, -0.1) is 0 Å². The van der Waals surface area contributed by atoms with Gasteiger partial charge in [-0.25, -0.2) is 0 Å². The van der Waals surface area contributed by atoms with Gasteiger partial charge in [-0.3, -0.25) is 14.5 Å². The van der Waals surface area contributed by atoms with E-state index >= 15 is 0 Å². The van der Waals surface area contributed by atoms with Crippen molar-refractivity contribution in [1.82, 2.24) is 4.90 Å². The fraction of sp³-hybridized carbons (Fsp3) is 0.267. The lowest BCUT2D eigenvalue weighted by molar-refractivity contribution is -0.140. The molecule has 1 aromatic carbocycles. The van der Waals surface area contributed by atoms with Crippen LogP contribution in [0.2, 0.25) is 0 Å². The molecule has 0 saturated carbocycles. The number of carbonyl (C=O) groups excluding carboxylic acids is 1. The molecule has 0 radical (unpaired) electrons. The smallest absolute Gasteiger partial charge is 0.323 e. The van der Waals surface area contributed by atoms with E-state index in [-0.39, 0.29) is 16.3 Å². The Morgan fingerprint density at radius 1 is 1.59 bits per heavy atom. The van der Waals surface area contributed by atoms with Crippen LogP contribution in [-0.2, 0) is 16.0 Å². The fourth-order valence-electron chi connectivity index (χ4n) is 2.45. The molecule has 22 heavy (non-hydrogen) atoms. The number of benzene rings is 1. The lowest BCUT2D eigenvalue weighted by atomic mass is 10.1. The van der Waals surface area contributed by atoms with Crippen molar-refractivity contribution in [3.05, 3.63) is 34.2 Å². The Hall–Kier alpha value is -1.86. The first-order valence-corrected chi connectivity index (χ1v) is 7.93. The minimum atomic E-state index is -1.08. The van der Waals surface area contributed by atoms with Crippen LogP contribution in [0.3, 0.4) is 0 Å². The molecule has 114 valence electrons. The summed E-state index contributed by atoms with van der Waals surface area (Å²) < 4.78 is 5.92. The van der Waals surface area contributed by atoms with Gasteiger partial charge in [0.2, 0.25) is 0 Å². The second-order valence-electron chi connectivity index (χ2n) is 5.16. The topological polar surface area (TPSA) is 66.8 Å².